The van der Waals surface area contributed by atoms with Crippen LogP contribution in [0.3, 0.4) is 0 Å². The van der Waals surface area contributed by atoms with Gasteiger partial charge in [-0.15, -0.1) is 0 Å². The molecule has 1 unspecified atom stereocenters. The molecule has 0 radical (unpaired) electrons. The number of aromatic carboxylic acids is 1. The maximum atomic E-state index is 11.2. The van der Waals surface area contributed by atoms with Gasteiger partial charge < -0.3 is 19.7 Å². The summed E-state index contributed by atoms with van der Waals surface area (Å²) < 4.78 is 23.7. The molecule has 0 fully saturated rings. The van der Waals surface area contributed by atoms with Crippen LogP contribution in [0.1, 0.15) is 46.4 Å². The van der Waals surface area contributed by atoms with Crippen molar-refractivity contribution in [2.45, 2.75) is 33.2 Å². The summed E-state index contributed by atoms with van der Waals surface area (Å²) >= 11 is -1.34. The summed E-state index contributed by atoms with van der Waals surface area (Å²) in [6, 6.07) is 8.80. The van der Waals surface area contributed by atoms with E-state index in [1.807, 2.05) is 19.9 Å². The van der Waals surface area contributed by atoms with E-state index in [2.05, 4.69) is 30.3 Å². The van der Waals surface area contributed by atoms with Gasteiger partial charge >= 0.3 is 5.97 Å². The summed E-state index contributed by atoms with van der Waals surface area (Å²) in [6.45, 7) is 6.13. The van der Waals surface area contributed by atoms with Crippen LogP contribution in [0.4, 0.5) is 22.6 Å². The fraction of sp³-hybridized carbons (Fsp3) is 0.263. The number of carboxylic acid groups (broad SMARTS) is 1. The van der Waals surface area contributed by atoms with Gasteiger partial charge in [0.1, 0.15) is 10.7 Å². The minimum atomic E-state index is -2.36. The zero-order valence-corrected chi connectivity index (χ0v) is 18.6. The SMILES string of the molecule is Cc1nc(Nc2nc(NCc3ccc(NS(=O)[O-])cc3)cc(C(C)C)n2)sc1C(=O)O. The van der Waals surface area contributed by atoms with Crippen molar-refractivity contribution in [2.75, 3.05) is 15.4 Å². The van der Waals surface area contributed by atoms with Crippen molar-refractivity contribution in [3.8, 4) is 0 Å². The predicted octanol–water partition coefficient (Wildman–Crippen LogP) is 3.62. The normalized spacial score (nSPS) is 11.9. The van der Waals surface area contributed by atoms with Crippen molar-refractivity contribution in [2.24, 2.45) is 0 Å². The molecule has 2 aromatic heterocycles. The van der Waals surface area contributed by atoms with E-state index in [0.717, 1.165) is 22.6 Å². The van der Waals surface area contributed by atoms with Gasteiger partial charge in [0.05, 0.1) is 11.4 Å². The third-order valence-corrected chi connectivity index (χ3v) is 5.64. The molecule has 0 aliphatic heterocycles. The highest BCUT2D eigenvalue weighted by atomic mass is 32.2. The molecular formula is C19H21N6O4S2-. The molecule has 0 spiro atoms. The van der Waals surface area contributed by atoms with Gasteiger partial charge in [-0.05, 0) is 30.5 Å². The number of nitrogens with zero attached hydrogens (tertiary/aromatic N) is 3. The first-order chi connectivity index (χ1) is 14.7. The number of anilines is 4. The van der Waals surface area contributed by atoms with Gasteiger partial charge in [0.15, 0.2) is 5.13 Å². The number of carboxylic acids is 1. The van der Waals surface area contributed by atoms with Crippen molar-refractivity contribution < 1.29 is 18.7 Å². The number of rotatable bonds is 9. The molecule has 0 bridgehead atoms. The Hall–Kier alpha value is -3.09. The van der Waals surface area contributed by atoms with Crippen molar-refractivity contribution in [1.29, 1.82) is 0 Å². The van der Waals surface area contributed by atoms with E-state index in [9.17, 15) is 18.7 Å². The van der Waals surface area contributed by atoms with Crippen LogP contribution in [-0.2, 0) is 17.8 Å². The molecule has 2 heterocycles. The third-order valence-electron chi connectivity index (χ3n) is 4.18. The Morgan fingerprint density at radius 3 is 2.52 bits per heavy atom. The lowest BCUT2D eigenvalue weighted by atomic mass is 10.1. The number of aromatic nitrogens is 3. The summed E-state index contributed by atoms with van der Waals surface area (Å²) in [7, 11) is 0. The molecule has 10 nitrogen and oxygen atoms in total. The summed E-state index contributed by atoms with van der Waals surface area (Å²) in [5, 5.41) is 15.8. The number of benzene rings is 1. The molecule has 0 saturated heterocycles. The first kappa shape index (κ1) is 22.6. The number of carbonyl (C=O) groups is 1. The number of nitrogens with one attached hydrogen (secondary N) is 3. The van der Waals surface area contributed by atoms with Crippen LogP contribution in [0.25, 0.3) is 0 Å². The van der Waals surface area contributed by atoms with Gasteiger partial charge in [0, 0.05) is 29.6 Å². The molecule has 1 atom stereocenters. The van der Waals surface area contributed by atoms with Gasteiger partial charge in [-0.1, -0.05) is 37.3 Å². The van der Waals surface area contributed by atoms with Gasteiger partial charge in [-0.3, -0.25) is 9.53 Å². The standard InChI is InChI=1S/C19H22N6O4S2/c1-10(2)14-8-15(20-9-12-4-6-13(7-5-12)25-31(28)29)23-18(22-14)24-19-21-11(3)16(30-19)17(26)27/h4-8,10,25H,9H2,1-3H3,(H,26,27)(H,28,29)(H2,20,21,22,23,24)/p-1. The van der Waals surface area contributed by atoms with E-state index in [-0.39, 0.29) is 10.8 Å². The highest BCUT2D eigenvalue weighted by molar-refractivity contribution is 7.80. The highest BCUT2D eigenvalue weighted by Crippen LogP contribution is 2.26. The van der Waals surface area contributed by atoms with Crippen LogP contribution in [-0.4, -0.2) is 34.8 Å². The third kappa shape index (κ3) is 6.20. The monoisotopic (exact) mass is 461 g/mol. The van der Waals surface area contributed by atoms with E-state index in [4.69, 9.17) is 0 Å². The molecule has 0 aliphatic carbocycles. The molecule has 31 heavy (non-hydrogen) atoms. The largest absolute Gasteiger partial charge is 0.755 e. The Balaban J connectivity index is 1.76. The minimum absolute atomic E-state index is 0.148. The molecular weight excluding hydrogens is 440 g/mol. The summed E-state index contributed by atoms with van der Waals surface area (Å²) in [4.78, 5) is 24.6. The lowest BCUT2D eigenvalue weighted by molar-refractivity contribution is 0.0701. The van der Waals surface area contributed by atoms with Gasteiger partial charge in [-0.25, -0.2) is 14.8 Å². The molecule has 3 rings (SSSR count). The highest BCUT2D eigenvalue weighted by Gasteiger charge is 2.15. The fourth-order valence-electron chi connectivity index (χ4n) is 2.63. The number of aryl methyl sites for hydroxylation is 1. The molecule has 1 aromatic carbocycles. The molecule has 0 aliphatic rings. The Labute approximate surface area is 185 Å². The maximum absolute atomic E-state index is 11.2. The first-order valence-corrected chi connectivity index (χ1v) is 11.2. The van der Waals surface area contributed by atoms with Crippen LogP contribution in [0.15, 0.2) is 30.3 Å². The average molecular weight is 462 g/mol. The Morgan fingerprint density at radius 2 is 1.94 bits per heavy atom. The Bertz CT molecular complexity index is 1100. The second kappa shape index (κ2) is 9.81. The van der Waals surface area contributed by atoms with Crippen LogP contribution in [0, 0.1) is 6.92 Å². The van der Waals surface area contributed by atoms with E-state index < -0.39 is 17.2 Å². The predicted molar refractivity (Wildman–Crippen MR) is 120 cm³/mol. The van der Waals surface area contributed by atoms with Crippen LogP contribution in [0.2, 0.25) is 0 Å². The summed E-state index contributed by atoms with van der Waals surface area (Å²) in [5.41, 5.74) is 2.65. The maximum Gasteiger partial charge on any atom is 0.347 e. The molecule has 0 amide bonds. The Kier molecular flexibility index (Phi) is 7.15. The van der Waals surface area contributed by atoms with Crippen molar-refractivity contribution >= 4 is 51.2 Å². The molecule has 4 N–H and O–H groups in total. The average Bonchev–Trinajstić information content (AvgIpc) is 3.07. The number of hydrogen-bond acceptors (Lipinski definition) is 9. The van der Waals surface area contributed by atoms with Gasteiger partial charge in [0.25, 0.3) is 0 Å². The number of thiazole rings is 1. The van der Waals surface area contributed by atoms with Gasteiger partial charge in [0.2, 0.25) is 5.95 Å². The van der Waals surface area contributed by atoms with Crippen molar-refractivity contribution in [3.05, 3.63) is 52.2 Å². The smallest absolute Gasteiger partial charge is 0.347 e. The van der Waals surface area contributed by atoms with Gasteiger partial charge in [-0.2, -0.15) is 4.98 Å². The van der Waals surface area contributed by atoms with Crippen LogP contribution in [0.5, 0.6) is 0 Å². The second-order valence-electron chi connectivity index (χ2n) is 6.91. The zero-order valence-electron chi connectivity index (χ0n) is 17.0. The molecule has 12 heteroatoms. The van der Waals surface area contributed by atoms with E-state index in [1.54, 1.807) is 31.2 Å². The quantitative estimate of drug-likeness (QED) is 0.350. The topological polar surface area (TPSA) is 152 Å². The first-order valence-electron chi connectivity index (χ1n) is 9.26. The summed E-state index contributed by atoms with van der Waals surface area (Å²) in [6.07, 6.45) is 0. The van der Waals surface area contributed by atoms with E-state index in [0.29, 0.717) is 34.8 Å². The van der Waals surface area contributed by atoms with Crippen LogP contribution >= 0.6 is 11.3 Å². The molecule has 164 valence electrons. The summed E-state index contributed by atoms with van der Waals surface area (Å²) in [5.74, 6) is 0.0349. The van der Waals surface area contributed by atoms with E-state index in [1.165, 1.54) is 0 Å². The lowest BCUT2D eigenvalue weighted by Crippen LogP contribution is -2.07. The second-order valence-corrected chi connectivity index (χ2v) is 8.58. The lowest BCUT2D eigenvalue weighted by Gasteiger charge is -2.13. The van der Waals surface area contributed by atoms with Crippen molar-refractivity contribution in [1.82, 2.24) is 15.0 Å². The fourth-order valence-corrected chi connectivity index (χ4v) is 3.76. The zero-order chi connectivity index (χ0) is 22.5. The Morgan fingerprint density at radius 1 is 1.23 bits per heavy atom. The van der Waals surface area contributed by atoms with Crippen molar-refractivity contribution in [3.63, 3.8) is 0 Å². The minimum Gasteiger partial charge on any atom is -0.755 e. The van der Waals surface area contributed by atoms with Crippen LogP contribution < -0.4 is 15.4 Å². The molecule has 3 aromatic rings. The number of hydrogen-bond donors (Lipinski definition) is 4. The van der Waals surface area contributed by atoms with E-state index >= 15 is 0 Å². The molecule has 0 saturated carbocycles.